The number of rotatable bonds is 4. The largest absolute Gasteiger partial charge is 0.497 e. The van der Waals surface area contributed by atoms with Gasteiger partial charge < -0.3 is 19.9 Å². The summed E-state index contributed by atoms with van der Waals surface area (Å²) in [6.07, 6.45) is 1.49. The molecule has 1 saturated heterocycles. The zero-order chi connectivity index (χ0) is 18.1. The van der Waals surface area contributed by atoms with Crippen LogP contribution in [0.4, 0.5) is 11.4 Å². The SMILES string of the molecule is COc1ccc2cc(C(=O)Nc3ccc(N4CCCC4=O)cc3)[nH]c2c1. The normalized spacial score (nSPS) is 14.0. The number of anilines is 2. The summed E-state index contributed by atoms with van der Waals surface area (Å²) in [5.41, 5.74) is 2.87. The topological polar surface area (TPSA) is 74.4 Å². The van der Waals surface area contributed by atoms with E-state index in [4.69, 9.17) is 4.74 Å². The molecule has 4 rings (SSSR count). The number of nitrogens with zero attached hydrogens (tertiary/aromatic N) is 1. The number of hydrogen-bond acceptors (Lipinski definition) is 3. The molecule has 0 atom stereocenters. The van der Waals surface area contributed by atoms with E-state index in [1.54, 1.807) is 18.1 Å². The summed E-state index contributed by atoms with van der Waals surface area (Å²) in [4.78, 5) is 29.2. The number of benzene rings is 2. The number of aromatic amines is 1. The molecule has 2 N–H and O–H groups in total. The van der Waals surface area contributed by atoms with E-state index in [-0.39, 0.29) is 11.8 Å². The molecule has 6 heteroatoms. The lowest BCUT2D eigenvalue weighted by molar-refractivity contribution is -0.117. The number of fused-ring (bicyclic) bond motifs is 1. The number of carbonyl (C=O) groups excluding carboxylic acids is 2. The van der Waals surface area contributed by atoms with Crippen LogP contribution in [0.15, 0.2) is 48.5 Å². The van der Waals surface area contributed by atoms with Crippen molar-refractivity contribution < 1.29 is 14.3 Å². The zero-order valence-electron chi connectivity index (χ0n) is 14.4. The van der Waals surface area contributed by atoms with Crippen molar-refractivity contribution in [3.8, 4) is 5.75 Å². The number of hydrogen-bond donors (Lipinski definition) is 2. The van der Waals surface area contributed by atoms with Gasteiger partial charge in [0.15, 0.2) is 0 Å². The maximum Gasteiger partial charge on any atom is 0.272 e. The maximum atomic E-state index is 12.5. The Kier molecular flexibility index (Phi) is 4.08. The van der Waals surface area contributed by atoms with Crippen molar-refractivity contribution in [2.75, 3.05) is 23.9 Å². The van der Waals surface area contributed by atoms with Crippen molar-refractivity contribution in [3.63, 3.8) is 0 Å². The molecule has 0 spiro atoms. The molecule has 1 fully saturated rings. The van der Waals surface area contributed by atoms with Crippen molar-refractivity contribution in [1.82, 2.24) is 4.98 Å². The van der Waals surface area contributed by atoms with E-state index in [9.17, 15) is 9.59 Å². The second kappa shape index (κ2) is 6.55. The predicted octanol–water partition coefficient (Wildman–Crippen LogP) is 3.56. The van der Waals surface area contributed by atoms with E-state index in [2.05, 4.69) is 10.3 Å². The Morgan fingerprint density at radius 2 is 1.96 bits per heavy atom. The van der Waals surface area contributed by atoms with Gasteiger partial charge in [0.25, 0.3) is 5.91 Å². The summed E-state index contributed by atoms with van der Waals surface area (Å²) >= 11 is 0. The van der Waals surface area contributed by atoms with Gasteiger partial charge in [0.2, 0.25) is 5.91 Å². The fourth-order valence-electron chi connectivity index (χ4n) is 3.20. The van der Waals surface area contributed by atoms with Crippen LogP contribution >= 0.6 is 0 Å². The van der Waals surface area contributed by atoms with Crippen molar-refractivity contribution >= 4 is 34.1 Å². The second-order valence-electron chi connectivity index (χ2n) is 6.29. The Bertz CT molecular complexity index is 976. The van der Waals surface area contributed by atoms with Crippen molar-refractivity contribution in [3.05, 3.63) is 54.2 Å². The van der Waals surface area contributed by atoms with Crippen molar-refractivity contribution in [1.29, 1.82) is 0 Å². The van der Waals surface area contributed by atoms with Crippen LogP contribution in [0.2, 0.25) is 0 Å². The highest BCUT2D eigenvalue weighted by molar-refractivity contribution is 6.06. The lowest BCUT2D eigenvalue weighted by Gasteiger charge is -2.16. The van der Waals surface area contributed by atoms with Crippen LogP contribution in [0.3, 0.4) is 0 Å². The molecule has 0 aliphatic carbocycles. The molecule has 26 heavy (non-hydrogen) atoms. The smallest absolute Gasteiger partial charge is 0.272 e. The standard InChI is InChI=1S/C20H19N3O3/c1-26-16-9-4-13-11-18(22-17(13)12-16)20(25)21-14-5-7-15(8-6-14)23-10-2-3-19(23)24/h4-9,11-12,22H,2-3,10H2,1H3,(H,21,25). The van der Waals surface area contributed by atoms with Gasteiger partial charge in [-0.2, -0.15) is 0 Å². The quantitative estimate of drug-likeness (QED) is 0.756. The van der Waals surface area contributed by atoms with E-state index < -0.39 is 0 Å². The first kappa shape index (κ1) is 16.2. The van der Waals surface area contributed by atoms with Crippen LogP contribution in [0.5, 0.6) is 5.75 Å². The van der Waals surface area contributed by atoms with Crippen LogP contribution < -0.4 is 15.0 Å². The molecular weight excluding hydrogens is 330 g/mol. The average Bonchev–Trinajstić information content (AvgIpc) is 3.27. The predicted molar refractivity (Wildman–Crippen MR) is 101 cm³/mol. The average molecular weight is 349 g/mol. The Morgan fingerprint density at radius 1 is 1.15 bits per heavy atom. The number of aromatic nitrogens is 1. The van der Waals surface area contributed by atoms with Crippen molar-refractivity contribution in [2.45, 2.75) is 12.8 Å². The van der Waals surface area contributed by atoms with E-state index >= 15 is 0 Å². The number of nitrogens with one attached hydrogen (secondary N) is 2. The van der Waals surface area contributed by atoms with Crippen LogP contribution in [0.1, 0.15) is 23.3 Å². The number of amides is 2. The first-order valence-corrected chi connectivity index (χ1v) is 8.52. The van der Waals surface area contributed by atoms with Crippen LogP contribution in [-0.2, 0) is 4.79 Å². The van der Waals surface area contributed by atoms with Gasteiger partial charge in [0.05, 0.1) is 7.11 Å². The minimum Gasteiger partial charge on any atom is -0.497 e. The summed E-state index contributed by atoms with van der Waals surface area (Å²) in [6.45, 7) is 0.753. The van der Waals surface area contributed by atoms with E-state index in [0.29, 0.717) is 17.8 Å². The molecule has 2 heterocycles. The Balaban J connectivity index is 1.50. The molecule has 1 aromatic heterocycles. The highest BCUT2D eigenvalue weighted by Crippen LogP contribution is 2.24. The molecule has 2 aromatic carbocycles. The minimum absolute atomic E-state index is 0.148. The lowest BCUT2D eigenvalue weighted by atomic mass is 10.2. The molecule has 0 saturated carbocycles. The number of H-pyrrole nitrogens is 1. The highest BCUT2D eigenvalue weighted by atomic mass is 16.5. The third-order valence-electron chi connectivity index (χ3n) is 4.58. The van der Waals surface area contributed by atoms with Gasteiger partial charge in [-0.1, -0.05) is 0 Å². The number of ether oxygens (including phenoxy) is 1. The molecule has 6 nitrogen and oxygen atoms in total. The third-order valence-corrected chi connectivity index (χ3v) is 4.58. The van der Waals surface area contributed by atoms with Gasteiger partial charge in [-0.15, -0.1) is 0 Å². The monoisotopic (exact) mass is 349 g/mol. The van der Waals surface area contributed by atoms with E-state index in [1.807, 2.05) is 42.5 Å². The van der Waals surface area contributed by atoms with Gasteiger partial charge in [-0.05, 0) is 48.9 Å². The second-order valence-corrected chi connectivity index (χ2v) is 6.29. The highest BCUT2D eigenvalue weighted by Gasteiger charge is 2.21. The van der Waals surface area contributed by atoms with Gasteiger partial charge in [-0.3, -0.25) is 9.59 Å². The van der Waals surface area contributed by atoms with Crippen LogP contribution in [-0.4, -0.2) is 30.5 Å². The molecule has 132 valence electrons. The summed E-state index contributed by atoms with van der Waals surface area (Å²) in [7, 11) is 1.61. The molecule has 1 aliphatic rings. The summed E-state index contributed by atoms with van der Waals surface area (Å²) in [5, 5.41) is 3.82. The number of carbonyl (C=O) groups is 2. The van der Waals surface area contributed by atoms with Crippen molar-refractivity contribution in [2.24, 2.45) is 0 Å². The summed E-state index contributed by atoms with van der Waals surface area (Å²) in [5.74, 6) is 0.666. The van der Waals surface area contributed by atoms with E-state index in [1.165, 1.54) is 0 Å². The van der Waals surface area contributed by atoms with Crippen LogP contribution in [0, 0.1) is 0 Å². The Morgan fingerprint density at radius 3 is 2.65 bits per heavy atom. The molecule has 2 amide bonds. The Hall–Kier alpha value is -3.28. The fourth-order valence-corrected chi connectivity index (χ4v) is 3.20. The number of methoxy groups -OCH3 is 1. The first-order valence-electron chi connectivity index (χ1n) is 8.52. The van der Waals surface area contributed by atoms with Gasteiger partial charge in [0.1, 0.15) is 11.4 Å². The van der Waals surface area contributed by atoms with Gasteiger partial charge in [-0.25, -0.2) is 0 Å². The first-order chi connectivity index (χ1) is 12.6. The molecular formula is C20H19N3O3. The van der Waals surface area contributed by atoms with Gasteiger partial charge >= 0.3 is 0 Å². The molecule has 0 radical (unpaired) electrons. The third kappa shape index (κ3) is 3.01. The molecule has 1 aliphatic heterocycles. The fraction of sp³-hybridized carbons (Fsp3) is 0.200. The lowest BCUT2D eigenvalue weighted by Crippen LogP contribution is -2.23. The molecule has 0 bridgehead atoms. The molecule has 3 aromatic rings. The maximum absolute atomic E-state index is 12.5. The summed E-state index contributed by atoms with van der Waals surface area (Å²) in [6, 6.07) is 14.8. The van der Waals surface area contributed by atoms with Crippen LogP contribution in [0.25, 0.3) is 10.9 Å². The van der Waals surface area contributed by atoms with Gasteiger partial charge in [0, 0.05) is 41.3 Å². The summed E-state index contributed by atoms with van der Waals surface area (Å²) < 4.78 is 5.20. The Labute approximate surface area is 150 Å². The van der Waals surface area contributed by atoms with E-state index in [0.717, 1.165) is 35.3 Å². The zero-order valence-corrected chi connectivity index (χ0v) is 14.4. The minimum atomic E-state index is -0.217. The molecule has 0 unspecified atom stereocenters.